The number of rotatable bonds is 0. The number of epoxide rings is 1. The first-order valence-electron chi connectivity index (χ1n) is 4.14. The van der Waals surface area contributed by atoms with Gasteiger partial charge in [0.15, 0.2) is 12.5 Å². The van der Waals surface area contributed by atoms with Crippen LogP contribution in [0.15, 0.2) is 0 Å². The van der Waals surface area contributed by atoms with Gasteiger partial charge in [-0.1, -0.05) is 6.92 Å². The molecule has 1 unspecified atom stereocenters. The van der Waals surface area contributed by atoms with Gasteiger partial charge in [0, 0.05) is 23.1 Å². The van der Waals surface area contributed by atoms with Gasteiger partial charge in [-0.25, -0.2) is 0 Å². The smallest absolute Gasteiger partial charge is 0.150 e. The highest BCUT2D eigenvalue weighted by Gasteiger charge is 2.51. The van der Waals surface area contributed by atoms with E-state index in [1.54, 1.807) is 0 Å². The van der Waals surface area contributed by atoms with Gasteiger partial charge < -0.3 is 4.74 Å². The van der Waals surface area contributed by atoms with Crippen molar-refractivity contribution in [2.75, 3.05) is 5.75 Å². The van der Waals surface area contributed by atoms with Crippen molar-refractivity contribution in [1.82, 2.24) is 10.6 Å². The largest absolute Gasteiger partial charge is 0.337 e. The molecule has 0 aromatic rings. The molecule has 3 aliphatic heterocycles. The highest BCUT2D eigenvalue weighted by molar-refractivity contribution is 8.00. The molecule has 0 radical (unpaired) electrons. The van der Waals surface area contributed by atoms with Crippen LogP contribution in [0.4, 0.5) is 0 Å². The Kier molecular flexibility index (Phi) is 1.30. The molecule has 4 heteroatoms. The Morgan fingerprint density at radius 2 is 2.18 bits per heavy atom. The van der Waals surface area contributed by atoms with E-state index < -0.39 is 0 Å². The maximum absolute atomic E-state index is 5.33. The lowest BCUT2D eigenvalue weighted by atomic mass is 10.1. The fourth-order valence-electron chi connectivity index (χ4n) is 1.96. The number of piperazine rings is 1. The Morgan fingerprint density at radius 3 is 3.09 bits per heavy atom. The van der Waals surface area contributed by atoms with Gasteiger partial charge in [0.2, 0.25) is 0 Å². The van der Waals surface area contributed by atoms with Crippen molar-refractivity contribution in [2.45, 2.75) is 36.7 Å². The van der Waals surface area contributed by atoms with Gasteiger partial charge in [0.05, 0.1) is 0 Å². The molecule has 0 amide bonds. The van der Waals surface area contributed by atoms with E-state index in [1.165, 1.54) is 5.75 Å². The third kappa shape index (κ3) is 0.935. The number of hydrogen-bond acceptors (Lipinski definition) is 4. The summed E-state index contributed by atoms with van der Waals surface area (Å²) in [5.74, 6) is 1.23. The molecule has 0 aliphatic carbocycles. The van der Waals surface area contributed by atoms with Crippen molar-refractivity contribution in [3.8, 4) is 0 Å². The van der Waals surface area contributed by atoms with Crippen molar-refractivity contribution in [2.24, 2.45) is 0 Å². The lowest BCUT2D eigenvalue weighted by Gasteiger charge is -2.26. The molecule has 3 nitrogen and oxygen atoms in total. The van der Waals surface area contributed by atoms with Crippen molar-refractivity contribution in [1.29, 1.82) is 0 Å². The summed E-state index contributed by atoms with van der Waals surface area (Å²) in [6, 6.07) is 1.27. The zero-order chi connectivity index (χ0) is 7.42. The first-order chi connectivity index (χ1) is 5.34. The van der Waals surface area contributed by atoms with E-state index in [-0.39, 0.29) is 0 Å². The fourth-order valence-corrected chi connectivity index (χ4v) is 3.25. The Labute approximate surface area is 70.2 Å². The van der Waals surface area contributed by atoms with Crippen LogP contribution in [0.25, 0.3) is 0 Å². The average molecular weight is 172 g/mol. The number of thioether (sulfide) groups is 1. The lowest BCUT2D eigenvalue weighted by Crippen LogP contribution is -2.56. The predicted octanol–water partition coefficient (Wildman–Crippen LogP) is -0.266. The van der Waals surface area contributed by atoms with E-state index in [1.807, 2.05) is 11.8 Å². The minimum absolute atomic E-state index is 0.317. The third-order valence-corrected chi connectivity index (χ3v) is 4.08. The topological polar surface area (TPSA) is 36.6 Å². The van der Waals surface area contributed by atoms with Crippen LogP contribution in [0.5, 0.6) is 0 Å². The Bertz CT molecular complexity index is 189. The van der Waals surface area contributed by atoms with Crippen molar-refractivity contribution >= 4 is 11.8 Å². The van der Waals surface area contributed by atoms with Crippen LogP contribution in [0.3, 0.4) is 0 Å². The van der Waals surface area contributed by atoms with Gasteiger partial charge in [0.1, 0.15) is 0 Å². The van der Waals surface area contributed by atoms with Crippen molar-refractivity contribution < 1.29 is 4.74 Å². The average Bonchev–Trinajstić information content (AvgIpc) is 2.68. The monoisotopic (exact) mass is 172 g/mol. The molecule has 3 rings (SSSR count). The molecular formula is C7H12N2OS. The second kappa shape index (κ2) is 2.13. The number of nitrogens with one attached hydrogen (secondary N) is 2. The molecule has 0 spiro atoms. The summed E-state index contributed by atoms with van der Waals surface area (Å²) in [4.78, 5) is 0. The van der Waals surface area contributed by atoms with Gasteiger partial charge in [-0.15, -0.1) is 0 Å². The second-order valence-corrected chi connectivity index (χ2v) is 4.89. The van der Waals surface area contributed by atoms with Crippen LogP contribution in [0.2, 0.25) is 0 Å². The van der Waals surface area contributed by atoms with Crippen LogP contribution in [0.1, 0.15) is 6.92 Å². The highest BCUT2D eigenvalue weighted by atomic mass is 32.2. The van der Waals surface area contributed by atoms with Gasteiger partial charge in [-0.05, 0) is 0 Å². The van der Waals surface area contributed by atoms with Crippen molar-refractivity contribution in [3.63, 3.8) is 0 Å². The van der Waals surface area contributed by atoms with E-state index in [4.69, 9.17) is 4.74 Å². The second-order valence-electron chi connectivity index (χ2n) is 3.48. The van der Waals surface area contributed by atoms with E-state index >= 15 is 0 Å². The molecule has 5 atom stereocenters. The molecule has 0 bridgehead atoms. The summed E-state index contributed by atoms with van der Waals surface area (Å²) in [5, 5.41) is 7.71. The number of ether oxygens (including phenoxy) is 1. The zero-order valence-corrected chi connectivity index (χ0v) is 7.23. The maximum Gasteiger partial charge on any atom is 0.150 e. The Balaban J connectivity index is 1.79. The minimum Gasteiger partial charge on any atom is -0.337 e. The van der Waals surface area contributed by atoms with Gasteiger partial charge in [-0.2, -0.15) is 11.8 Å². The fraction of sp³-hybridized carbons (Fsp3) is 1.00. The standard InChI is InChI=1S/C7H12N2OS/c1-3-5-4(2-11-3)8-6-7(9-5)10-6/h3-9H,2H2,1H3/t3-,4-,5+,6?,7+/m0/s1. The first-order valence-corrected chi connectivity index (χ1v) is 5.18. The summed E-state index contributed by atoms with van der Waals surface area (Å²) < 4.78 is 5.33. The predicted molar refractivity (Wildman–Crippen MR) is 44.4 cm³/mol. The van der Waals surface area contributed by atoms with Crippen molar-refractivity contribution in [3.05, 3.63) is 0 Å². The molecule has 62 valence electrons. The molecular weight excluding hydrogens is 160 g/mol. The van der Waals surface area contributed by atoms with E-state index in [0.717, 1.165) is 5.25 Å². The van der Waals surface area contributed by atoms with Crippen LogP contribution < -0.4 is 10.6 Å². The molecule has 0 aromatic heterocycles. The van der Waals surface area contributed by atoms with Gasteiger partial charge in [0.25, 0.3) is 0 Å². The normalized spacial score (nSPS) is 60.3. The van der Waals surface area contributed by atoms with Gasteiger partial charge >= 0.3 is 0 Å². The molecule has 2 N–H and O–H groups in total. The SMILES string of the molecule is C[C@@H]1SC[C@@H]2NC3O[C@H]3N[C@@H]21. The maximum atomic E-state index is 5.33. The summed E-state index contributed by atoms with van der Waals surface area (Å²) in [6.07, 6.45) is 0.638. The van der Waals surface area contributed by atoms with Gasteiger partial charge in [-0.3, -0.25) is 10.6 Å². The lowest BCUT2D eigenvalue weighted by molar-refractivity contribution is 0.344. The summed E-state index contributed by atoms with van der Waals surface area (Å²) >= 11 is 2.04. The van der Waals surface area contributed by atoms with Crippen LogP contribution >= 0.6 is 11.8 Å². The summed E-state index contributed by atoms with van der Waals surface area (Å²) in [6.45, 7) is 2.28. The minimum atomic E-state index is 0.317. The highest BCUT2D eigenvalue weighted by Crippen LogP contribution is 2.34. The third-order valence-electron chi connectivity index (χ3n) is 2.70. The molecule has 3 aliphatic rings. The molecule has 0 aromatic carbocycles. The molecule has 0 saturated carbocycles. The molecule has 3 heterocycles. The van der Waals surface area contributed by atoms with E-state index in [9.17, 15) is 0 Å². The number of hydrogen-bond donors (Lipinski definition) is 2. The Hall–Kier alpha value is 0.230. The van der Waals surface area contributed by atoms with E-state index in [0.29, 0.717) is 24.5 Å². The molecule has 11 heavy (non-hydrogen) atoms. The number of fused-ring (bicyclic) bond motifs is 2. The summed E-state index contributed by atoms with van der Waals surface area (Å²) in [5.41, 5.74) is 0. The van der Waals surface area contributed by atoms with Crippen LogP contribution in [-0.4, -0.2) is 35.5 Å². The molecule has 3 fully saturated rings. The van der Waals surface area contributed by atoms with Crippen LogP contribution in [0, 0.1) is 0 Å². The first kappa shape index (κ1) is 6.71. The van der Waals surface area contributed by atoms with E-state index in [2.05, 4.69) is 17.6 Å². The zero-order valence-electron chi connectivity index (χ0n) is 6.41. The van der Waals surface area contributed by atoms with Crippen LogP contribution in [-0.2, 0) is 4.74 Å². The Morgan fingerprint density at radius 1 is 1.36 bits per heavy atom. The molecule has 3 saturated heterocycles. The quantitative estimate of drug-likeness (QED) is 0.493. The summed E-state index contributed by atoms with van der Waals surface area (Å²) in [7, 11) is 0.